The molecule has 3 aromatic rings. The molecule has 158 valence electrons. The average molecular weight is 409 g/mol. The number of hydrogen-bond acceptors (Lipinski definition) is 6. The van der Waals surface area contributed by atoms with Gasteiger partial charge in [0.15, 0.2) is 5.82 Å². The van der Waals surface area contributed by atoms with Crippen molar-refractivity contribution in [1.29, 1.82) is 0 Å². The zero-order valence-electron chi connectivity index (χ0n) is 17.7. The van der Waals surface area contributed by atoms with E-state index in [4.69, 9.17) is 15.9 Å². The lowest BCUT2D eigenvalue weighted by Crippen LogP contribution is -2.22. The van der Waals surface area contributed by atoms with E-state index in [1.165, 1.54) is 0 Å². The molecule has 3 rings (SSSR count). The fraction of sp³-hybridized carbons (Fsp3) is 0.391. The van der Waals surface area contributed by atoms with E-state index in [9.17, 15) is 5.11 Å². The van der Waals surface area contributed by atoms with E-state index in [1.807, 2.05) is 30.5 Å². The first-order chi connectivity index (χ1) is 14.6. The van der Waals surface area contributed by atoms with Gasteiger partial charge in [-0.25, -0.2) is 9.97 Å². The number of anilines is 1. The molecule has 1 unspecified atom stereocenters. The van der Waals surface area contributed by atoms with Crippen LogP contribution in [0.3, 0.4) is 0 Å². The zero-order chi connectivity index (χ0) is 21.5. The molecule has 0 saturated carbocycles. The van der Waals surface area contributed by atoms with E-state index < -0.39 is 0 Å². The van der Waals surface area contributed by atoms with Gasteiger partial charge in [0, 0.05) is 18.8 Å². The molecule has 2 heterocycles. The van der Waals surface area contributed by atoms with Crippen LogP contribution in [0.5, 0.6) is 11.5 Å². The van der Waals surface area contributed by atoms with Gasteiger partial charge in [0.2, 0.25) is 5.82 Å². The van der Waals surface area contributed by atoms with Crippen LogP contribution < -0.4 is 14.8 Å². The molecular formula is C23H28N4O3. The quantitative estimate of drug-likeness (QED) is 0.500. The predicted molar refractivity (Wildman–Crippen MR) is 118 cm³/mol. The van der Waals surface area contributed by atoms with Crippen LogP contribution in [-0.2, 0) is 6.54 Å². The number of benzene rings is 1. The van der Waals surface area contributed by atoms with E-state index in [0.717, 1.165) is 40.9 Å². The first-order valence-corrected chi connectivity index (χ1v) is 10.1. The highest BCUT2D eigenvalue weighted by Gasteiger charge is 2.18. The minimum atomic E-state index is 0.0906. The van der Waals surface area contributed by atoms with Crippen LogP contribution in [0.15, 0.2) is 30.5 Å². The Balaban J connectivity index is 2.08. The smallest absolute Gasteiger partial charge is 0.207 e. The van der Waals surface area contributed by atoms with Crippen LogP contribution >= 0.6 is 0 Å². The van der Waals surface area contributed by atoms with Crippen molar-refractivity contribution in [1.82, 2.24) is 14.5 Å². The molecule has 0 saturated heterocycles. The number of aromatic nitrogens is 3. The maximum Gasteiger partial charge on any atom is 0.207 e. The standard InChI is InChI=1S/C23H28N4O3/c1-5-8-16(12-14-28)24-23-22-18(25-21(6-2)26-23)11-13-27(22)15-17-19(29-3)9-7-10-20(17)30-4/h2,7,9-11,13,16,28H,5,8,12,14-15H2,1,3-4H3,(H,24,25,26). The second kappa shape index (κ2) is 9.99. The zero-order valence-corrected chi connectivity index (χ0v) is 17.7. The summed E-state index contributed by atoms with van der Waals surface area (Å²) >= 11 is 0. The van der Waals surface area contributed by atoms with E-state index in [-0.39, 0.29) is 12.6 Å². The predicted octanol–water partition coefficient (Wildman–Crippen LogP) is 3.44. The molecule has 30 heavy (non-hydrogen) atoms. The minimum Gasteiger partial charge on any atom is -0.496 e. The summed E-state index contributed by atoms with van der Waals surface area (Å²) in [7, 11) is 3.29. The van der Waals surface area contributed by atoms with Crippen molar-refractivity contribution in [3.8, 4) is 23.8 Å². The molecule has 0 aliphatic heterocycles. The Morgan fingerprint density at radius 3 is 2.50 bits per heavy atom. The summed E-state index contributed by atoms with van der Waals surface area (Å²) in [5.74, 6) is 5.02. The number of hydrogen-bond donors (Lipinski definition) is 2. The second-order valence-corrected chi connectivity index (χ2v) is 7.00. The minimum absolute atomic E-state index is 0.0906. The number of nitrogens with zero attached hydrogens (tertiary/aromatic N) is 3. The van der Waals surface area contributed by atoms with Crippen LogP contribution in [0, 0.1) is 12.3 Å². The normalized spacial score (nSPS) is 11.8. The molecule has 0 spiro atoms. The van der Waals surface area contributed by atoms with Crippen molar-refractivity contribution in [2.24, 2.45) is 0 Å². The molecule has 0 aliphatic rings. The molecule has 7 nitrogen and oxygen atoms in total. The third-order valence-corrected chi connectivity index (χ3v) is 5.05. The maximum atomic E-state index is 9.44. The van der Waals surface area contributed by atoms with E-state index in [2.05, 4.69) is 32.7 Å². The molecule has 0 bridgehead atoms. The number of nitrogens with one attached hydrogen (secondary N) is 1. The summed E-state index contributed by atoms with van der Waals surface area (Å²) < 4.78 is 13.2. The maximum absolute atomic E-state index is 9.44. The Morgan fingerprint density at radius 1 is 1.17 bits per heavy atom. The summed E-state index contributed by atoms with van der Waals surface area (Å²) in [6.45, 7) is 2.74. The van der Waals surface area contributed by atoms with Crippen LogP contribution in [-0.4, -0.2) is 46.5 Å². The van der Waals surface area contributed by atoms with E-state index in [0.29, 0.717) is 24.6 Å². The molecule has 0 aliphatic carbocycles. The van der Waals surface area contributed by atoms with Gasteiger partial charge in [-0.05, 0) is 37.0 Å². The lowest BCUT2D eigenvalue weighted by molar-refractivity contribution is 0.276. The molecular weight excluding hydrogens is 380 g/mol. The van der Waals surface area contributed by atoms with Crippen LogP contribution in [0.2, 0.25) is 0 Å². The third kappa shape index (κ3) is 4.50. The topological polar surface area (TPSA) is 81.4 Å². The number of aliphatic hydroxyl groups excluding tert-OH is 1. The van der Waals surface area contributed by atoms with Gasteiger partial charge in [0.25, 0.3) is 0 Å². The highest BCUT2D eigenvalue weighted by molar-refractivity contribution is 5.87. The lowest BCUT2D eigenvalue weighted by Gasteiger charge is -2.20. The number of rotatable bonds is 10. The average Bonchev–Trinajstić information content (AvgIpc) is 3.17. The number of ether oxygens (including phenoxy) is 2. The van der Waals surface area contributed by atoms with Crippen molar-refractivity contribution in [2.75, 3.05) is 26.1 Å². The molecule has 0 fully saturated rings. The monoisotopic (exact) mass is 408 g/mol. The van der Waals surface area contributed by atoms with Gasteiger partial charge >= 0.3 is 0 Å². The Kier molecular flexibility index (Phi) is 7.15. The molecule has 2 aromatic heterocycles. The summed E-state index contributed by atoms with van der Waals surface area (Å²) in [6, 6.07) is 7.73. The lowest BCUT2D eigenvalue weighted by atomic mass is 10.1. The Labute approximate surface area is 177 Å². The summed E-state index contributed by atoms with van der Waals surface area (Å²) in [6.07, 6.45) is 10.1. The van der Waals surface area contributed by atoms with Crippen LogP contribution in [0.4, 0.5) is 5.82 Å². The Hall–Kier alpha value is -3.24. The van der Waals surface area contributed by atoms with Gasteiger partial charge in [0.1, 0.15) is 17.0 Å². The van der Waals surface area contributed by atoms with Gasteiger partial charge in [-0.1, -0.05) is 19.4 Å². The van der Waals surface area contributed by atoms with E-state index >= 15 is 0 Å². The third-order valence-electron chi connectivity index (χ3n) is 5.05. The van der Waals surface area contributed by atoms with Gasteiger partial charge < -0.3 is 24.5 Å². The Morgan fingerprint density at radius 2 is 1.90 bits per heavy atom. The van der Waals surface area contributed by atoms with Gasteiger partial charge in [-0.3, -0.25) is 0 Å². The van der Waals surface area contributed by atoms with Gasteiger partial charge in [-0.15, -0.1) is 6.42 Å². The summed E-state index contributed by atoms with van der Waals surface area (Å²) in [5, 5.41) is 12.9. The fourth-order valence-electron chi connectivity index (χ4n) is 3.64. The molecule has 1 aromatic carbocycles. The van der Waals surface area contributed by atoms with Crippen LogP contribution in [0.25, 0.3) is 11.0 Å². The molecule has 1 atom stereocenters. The molecule has 0 radical (unpaired) electrons. The highest BCUT2D eigenvalue weighted by atomic mass is 16.5. The van der Waals surface area contributed by atoms with E-state index in [1.54, 1.807) is 14.2 Å². The van der Waals surface area contributed by atoms with Gasteiger partial charge in [0.05, 0.1) is 31.8 Å². The number of terminal acetylenes is 1. The van der Waals surface area contributed by atoms with Crippen molar-refractivity contribution >= 4 is 16.9 Å². The number of methoxy groups -OCH3 is 2. The van der Waals surface area contributed by atoms with Crippen molar-refractivity contribution in [2.45, 2.75) is 38.8 Å². The number of fused-ring (bicyclic) bond motifs is 1. The first-order valence-electron chi connectivity index (χ1n) is 10.1. The molecule has 2 N–H and O–H groups in total. The van der Waals surface area contributed by atoms with Crippen molar-refractivity contribution < 1.29 is 14.6 Å². The SMILES string of the molecule is C#Cc1nc(NC(CCC)CCO)c2c(ccn2Cc2c(OC)cccc2OC)n1. The Bertz CT molecular complexity index is 1010. The summed E-state index contributed by atoms with van der Waals surface area (Å²) in [4.78, 5) is 9.04. The van der Waals surface area contributed by atoms with Crippen LogP contribution in [0.1, 0.15) is 37.6 Å². The fourth-order valence-corrected chi connectivity index (χ4v) is 3.64. The molecule has 7 heteroatoms. The summed E-state index contributed by atoms with van der Waals surface area (Å²) in [5.41, 5.74) is 2.53. The largest absolute Gasteiger partial charge is 0.496 e. The first kappa shape index (κ1) is 21.5. The molecule has 0 amide bonds. The van der Waals surface area contributed by atoms with Gasteiger partial charge in [-0.2, -0.15) is 0 Å². The van der Waals surface area contributed by atoms with Crippen molar-refractivity contribution in [3.05, 3.63) is 41.9 Å². The number of aliphatic hydroxyl groups is 1. The second-order valence-electron chi connectivity index (χ2n) is 7.00. The van der Waals surface area contributed by atoms with Crippen molar-refractivity contribution in [3.63, 3.8) is 0 Å². The highest BCUT2D eigenvalue weighted by Crippen LogP contribution is 2.31.